The van der Waals surface area contributed by atoms with Gasteiger partial charge < -0.3 is 9.47 Å². The van der Waals surface area contributed by atoms with Crippen molar-refractivity contribution in [2.75, 3.05) is 13.2 Å². The fourth-order valence-electron chi connectivity index (χ4n) is 1.91. The van der Waals surface area contributed by atoms with Crippen molar-refractivity contribution in [2.24, 2.45) is 0 Å². The Morgan fingerprint density at radius 2 is 1.88 bits per heavy atom. The molecule has 0 atom stereocenters. The van der Waals surface area contributed by atoms with Crippen molar-refractivity contribution >= 4 is 29.2 Å². The molecule has 10 nitrogen and oxygen atoms in total. The van der Waals surface area contributed by atoms with Gasteiger partial charge in [0.15, 0.2) is 0 Å². The lowest BCUT2D eigenvalue weighted by Gasteiger charge is -2.06. The van der Waals surface area contributed by atoms with Gasteiger partial charge in [-0.05, 0) is 26.0 Å². The number of esters is 2. The van der Waals surface area contributed by atoms with Gasteiger partial charge in [-0.25, -0.2) is 9.59 Å². The molecule has 25 heavy (non-hydrogen) atoms. The van der Waals surface area contributed by atoms with E-state index in [1.54, 1.807) is 13.8 Å². The number of hydrogen-bond donors (Lipinski definition) is 0. The van der Waals surface area contributed by atoms with E-state index in [9.17, 15) is 19.7 Å². The quantitative estimate of drug-likeness (QED) is 0.431. The molecule has 0 radical (unpaired) electrons. The highest BCUT2D eigenvalue weighted by Gasteiger charge is 2.28. The molecule has 1 aromatic carbocycles. The summed E-state index contributed by atoms with van der Waals surface area (Å²) in [6.07, 6.45) is 0. The second-order valence-corrected chi connectivity index (χ2v) is 4.94. The minimum atomic E-state index is -0.903. The van der Waals surface area contributed by atoms with Gasteiger partial charge in [0.1, 0.15) is 5.69 Å². The number of carbonyl (C=O) groups excluding carboxylic acids is 2. The second-order valence-electron chi connectivity index (χ2n) is 4.50. The van der Waals surface area contributed by atoms with E-state index in [4.69, 9.17) is 21.1 Å². The first kappa shape index (κ1) is 18.3. The number of nitro groups is 1. The minimum absolute atomic E-state index is 0.0398. The van der Waals surface area contributed by atoms with Gasteiger partial charge >= 0.3 is 11.9 Å². The molecule has 1 heterocycles. The second kappa shape index (κ2) is 7.71. The van der Waals surface area contributed by atoms with Crippen LogP contribution >= 0.6 is 11.6 Å². The number of carbonyl (C=O) groups is 2. The van der Waals surface area contributed by atoms with Gasteiger partial charge in [0.2, 0.25) is 5.82 Å². The number of rotatable bonds is 6. The number of ether oxygens (including phenoxy) is 2. The molecule has 0 spiro atoms. The summed E-state index contributed by atoms with van der Waals surface area (Å²) in [4.78, 5) is 38.3. The number of nitro benzene ring substituents is 1. The number of aromatic nitrogens is 3. The van der Waals surface area contributed by atoms with Gasteiger partial charge in [-0.3, -0.25) is 10.1 Å². The summed E-state index contributed by atoms with van der Waals surface area (Å²) in [7, 11) is 0. The van der Waals surface area contributed by atoms with Crippen molar-refractivity contribution in [1.82, 2.24) is 14.8 Å². The first-order valence-electron chi connectivity index (χ1n) is 7.14. The van der Waals surface area contributed by atoms with Crippen LogP contribution in [0.5, 0.6) is 0 Å². The highest BCUT2D eigenvalue weighted by Crippen LogP contribution is 2.27. The molecule has 0 unspecified atom stereocenters. The zero-order valence-corrected chi connectivity index (χ0v) is 14.0. The van der Waals surface area contributed by atoms with Crippen molar-refractivity contribution in [3.8, 4) is 5.69 Å². The van der Waals surface area contributed by atoms with Crippen LogP contribution in [0.2, 0.25) is 5.02 Å². The Hall–Kier alpha value is -3.01. The first-order chi connectivity index (χ1) is 11.9. The van der Waals surface area contributed by atoms with Crippen LogP contribution in [0, 0.1) is 10.1 Å². The van der Waals surface area contributed by atoms with Crippen LogP contribution in [0.3, 0.4) is 0 Å². The lowest BCUT2D eigenvalue weighted by atomic mass is 10.2. The molecular weight excluding hydrogens is 356 g/mol. The number of halogens is 1. The van der Waals surface area contributed by atoms with Crippen molar-refractivity contribution in [2.45, 2.75) is 13.8 Å². The average molecular weight is 369 g/mol. The van der Waals surface area contributed by atoms with Crippen LogP contribution in [-0.2, 0) is 9.47 Å². The first-order valence-corrected chi connectivity index (χ1v) is 7.52. The van der Waals surface area contributed by atoms with Gasteiger partial charge in [0.05, 0.1) is 18.1 Å². The molecule has 0 aliphatic rings. The normalized spacial score (nSPS) is 10.4. The van der Waals surface area contributed by atoms with Crippen molar-refractivity contribution in [1.29, 1.82) is 0 Å². The van der Waals surface area contributed by atoms with E-state index in [0.29, 0.717) is 0 Å². The van der Waals surface area contributed by atoms with Gasteiger partial charge in [-0.15, -0.1) is 5.10 Å². The standard InChI is InChI=1S/C14H13ClN4O6/c1-3-24-13(20)11-16-12(14(21)25-4-2)18(17-11)10-7-8(15)5-6-9(10)19(22)23/h5-7H,3-4H2,1-2H3. The Kier molecular flexibility index (Phi) is 5.65. The number of benzene rings is 1. The van der Waals surface area contributed by atoms with Crippen LogP contribution < -0.4 is 0 Å². The lowest BCUT2D eigenvalue weighted by molar-refractivity contribution is -0.384. The third-order valence-electron chi connectivity index (χ3n) is 2.89. The fraction of sp³-hybridized carbons (Fsp3) is 0.286. The van der Waals surface area contributed by atoms with Crippen LogP contribution in [0.25, 0.3) is 5.69 Å². The van der Waals surface area contributed by atoms with Crippen molar-refractivity contribution in [3.63, 3.8) is 0 Å². The highest BCUT2D eigenvalue weighted by molar-refractivity contribution is 6.30. The van der Waals surface area contributed by atoms with Gasteiger partial charge in [0.25, 0.3) is 11.5 Å². The van der Waals surface area contributed by atoms with Crippen LogP contribution in [0.15, 0.2) is 18.2 Å². The van der Waals surface area contributed by atoms with E-state index >= 15 is 0 Å². The molecule has 2 rings (SSSR count). The van der Waals surface area contributed by atoms with Crippen molar-refractivity contribution < 1.29 is 24.0 Å². The lowest BCUT2D eigenvalue weighted by Crippen LogP contribution is -2.14. The van der Waals surface area contributed by atoms with Crippen molar-refractivity contribution in [3.05, 3.63) is 45.0 Å². The zero-order valence-electron chi connectivity index (χ0n) is 13.3. The Morgan fingerprint density at radius 1 is 1.24 bits per heavy atom. The number of hydrogen-bond acceptors (Lipinski definition) is 8. The third-order valence-corrected chi connectivity index (χ3v) is 3.12. The summed E-state index contributed by atoms with van der Waals surface area (Å²) in [5.74, 6) is -2.62. The third kappa shape index (κ3) is 3.91. The molecule has 132 valence electrons. The molecule has 0 fully saturated rings. The zero-order chi connectivity index (χ0) is 18.6. The summed E-state index contributed by atoms with van der Waals surface area (Å²) >= 11 is 5.89. The van der Waals surface area contributed by atoms with E-state index in [0.717, 1.165) is 10.7 Å². The van der Waals surface area contributed by atoms with E-state index < -0.39 is 28.5 Å². The van der Waals surface area contributed by atoms with E-state index in [2.05, 4.69) is 10.1 Å². The van der Waals surface area contributed by atoms with Crippen LogP contribution in [0.4, 0.5) is 5.69 Å². The topological polar surface area (TPSA) is 126 Å². The Bertz CT molecular complexity index is 835. The molecule has 2 aromatic rings. The molecule has 1 aromatic heterocycles. The molecule has 0 saturated carbocycles. The average Bonchev–Trinajstić information content (AvgIpc) is 3.00. The van der Waals surface area contributed by atoms with Crippen LogP contribution in [0.1, 0.15) is 35.1 Å². The molecule has 0 saturated heterocycles. The van der Waals surface area contributed by atoms with E-state index in [1.807, 2.05) is 0 Å². The Morgan fingerprint density at radius 3 is 2.48 bits per heavy atom. The maximum Gasteiger partial charge on any atom is 0.378 e. The molecular formula is C14H13ClN4O6. The highest BCUT2D eigenvalue weighted by atomic mass is 35.5. The largest absolute Gasteiger partial charge is 0.460 e. The maximum absolute atomic E-state index is 12.1. The van der Waals surface area contributed by atoms with Crippen LogP contribution in [-0.4, -0.2) is 44.8 Å². The molecule has 11 heteroatoms. The maximum atomic E-state index is 12.1. The number of nitrogens with zero attached hydrogens (tertiary/aromatic N) is 4. The van der Waals surface area contributed by atoms with E-state index in [-0.39, 0.29) is 29.6 Å². The Labute approximate surface area is 146 Å². The molecule has 0 bridgehead atoms. The minimum Gasteiger partial charge on any atom is -0.460 e. The summed E-state index contributed by atoms with van der Waals surface area (Å²) in [6, 6.07) is 3.70. The van der Waals surface area contributed by atoms with Gasteiger partial charge in [-0.2, -0.15) is 9.67 Å². The molecule has 0 N–H and O–H groups in total. The smallest absolute Gasteiger partial charge is 0.378 e. The monoisotopic (exact) mass is 368 g/mol. The predicted molar refractivity (Wildman–Crippen MR) is 84.9 cm³/mol. The molecule has 0 aliphatic carbocycles. The summed E-state index contributed by atoms with van der Waals surface area (Å²) in [5, 5.41) is 15.3. The van der Waals surface area contributed by atoms with Gasteiger partial charge in [0, 0.05) is 11.1 Å². The fourth-order valence-corrected chi connectivity index (χ4v) is 2.08. The molecule has 0 amide bonds. The molecule has 0 aliphatic heterocycles. The Balaban J connectivity index is 2.67. The predicted octanol–water partition coefficient (Wildman–Crippen LogP) is 2.18. The summed E-state index contributed by atoms with van der Waals surface area (Å²) in [6.45, 7) is 3.27. The summed E-state index contributed by atoms with van der Waals surface area (Å²) in [5.41, 5.74) is -0.515. The van der Waals surface area contributed by atoms with E-state index in [1.165, 1.54) is 12.1 Å². The summed E-state index contributed by atoms with van der Waals surface area (Å²) < 4.78 is 10.5. The SMILES string of the molecule is CCOC(=O)c1nc(C(=O)OCC)n(-c2cc(Cl)ccc2[N+](=O)[O-])n1. The van der Waals surface area contributed by atoms with Gasteiger partial charge in [-0.1, -0.05) is 11.6 Å².